The largest absolute Gasteiger partial charge is 0.475 e. The van der Waals surface area contributed by atoms with Crippen LogP contribution < -0.4 is 0 Å². The van der Waals surface area contributed by atoms with Gasteiger partial charge in [0.1, 0.15) is 0 Å². The average molecular weight is 227 g/mol. The van der Waals surface area contributed by atoms with E-state index in [0.29, 0.717) is 6.54 Å². The first kappa shape index (κ1) is 12.3. The fraction of sp³-hybridized carbons (Fsp3) is 0.400. The molecule has 0 saturated heterocycles. The number of carboxylic acids is 1. The van der Waals surface area contributed by atoms with Crippen LogP contribution in [0.25, 0.3) is 0 Å². The summed E-state index contributed by atoms with van der Waals surface area (Å²) in [6.07, 6.45) is 0. The molecule has 0 radical (unpaired) electrons. The number of hydrogen-bond donors (Lipinski definition) is 2. The van der Waals surface area contributed by atoms with Crippen LogP contribution in [0.2, 0.25) is 0 Å². The van der Waals surface area contributed by atoms with Crippen molar-refractivity contribution in [2.45, 2.75) is 6.92 Å². The molecular formula is C10H13NO5. The number of carbonyl (C=O) groups is 2. The van der Waals surface area contributed by atoms with Gasteiger partial charge < -0.3 is 19.5 Å². The van der Waals surface area contributed by atoms with Crippen LogP contribution in [0.3, 0.4) is 0 Å². The van der Waals surface area contributed by atoms with Gasteiger partial charge in [-0.25, -0.2) is 4.79 Å². The summed E-state index contributed by atoms with van der Waals surface area (Å²) in [6, 6.07) is 2.54. The van der Waals surface area contributed by atoms with E-state index in [1.165, 1.54) is 17.0 Å². The first-order valence-corrected chi connectivity index (χ1v) is 4.83. The van der Waals surface area contributed by atoms with Crippen LogP contribution in [0.1, 0.15) is 28.0 Å². The molecule has 0 unspecified atom stereocenters. The maximum Gasteiger partial charge on any atom is 0.371 e. The molecule has 0 saturated carbocycles. The Morgan fingerprint density at radius 3 is 2.44 bits per heavy atom. The minimum absolute atomic E-state index is 0.0345. The standard InChI is InChI=1S/C10H13NO5/c1-2-11(5-6-12)9(13)7-3-4-8(16-7)10(14)15/h3-4,12H,2,5-6H2,1H3,(H,14,15). The molecule has 0 bridgehead atoms. The molecule has 1 heterocycles. The lowest BCUT2D eigenvalue weighted by atomic mass is 10.3. The SMILES string of the molecule is CCN(CCO)C(=O)c1ccc(C(=O)O)o1. The summed E-state index contributed by atoms with van der Waals surface area (Å²) in [5.74, 6) is -1.95. The minimum Gasteiger partial charge on any atom is -0.475 e. The molecule has 88 valence electrons. The van der Waals surface area contributed by atoms with Gasteiger partial charge >= 0.3 is 5.97 Å². The van der Waals surface area contributed by atoms with E-state index < -0.39 is 11.9 Å². The van der Waals surface area contributed by atoms with E-state index in [1.807, 2.05) is 0 Å². The molecule has 0 aliphatic carbocycles. The molecule has 1 rings (SSSR count). The maximum atomic E-state index is 11.7. The number of aromatic carboxylic acids is 1. The second-order valence-corrected chi connectivity index (χ2v) is 3.08. The summed E-state index contributed by atoms with van der Waals surface area (Å²) < 4.78 is 4.86. The van der Waals surface area contributed by atoms with Crippen molar-refractivity contribution in [1.82, 2.24) is 4.90 Å². The van der Waals surface area contributed by atoms with Crippen molar-refractivity contribution < 1.29 is 24.2 Å². The predicted octanol–water partition coefficient (Wildman–Crippen LogP) is 0.432. The molecule has 0 fully saturated rings. The Balaban J connectivity index is 2.82. The predicted molar refractivity (Wildman–Crippen MR) is 54.3 cm³/mol. The molecule has 0 aliphatic heterocycles. The van der Waals surface area contributed by atoms with Gasteiger partial charge in [-0.15, -0.1) is 0 Å². The van der Waals surface area contributed by atoms with E-state index in [2.05, 4.69) is 0 Å². The zero-order chi connectivity index (χ0) is 12.1. The van der Waals surface area contributed by atoms with E-state index >= 15 is 0 Å². The Kier molecular flexibility index (Phi) is 4.07. The zero-order valence-electron chi connectivity index (χ0n) is 8.84. The van der Waals surface area contributed by atoms with Crippen LogP contribution in [0.4, 0.5) is 0 Å². The third-order valence-electron chi connectivity index (χ3n) is 2.07. The quantitative estimate of drug-likeness (QED) is 0.761. The normalized spacial score (nSPS) is 10.1. The average Bonchev–Trinajstić information content (AvgIpc) is 2.74. The number of amides is 1. The maximum absolute atomic E-state index is 11.7. The first-order valence-electron chi connectivity index (χ1n) is 4.83. The third kappa shape index (κ3) is 2.60. The van der Waals surface area contributed by atoms with Gasteiger partial charge in [0.15, 0.2) is 5.76 Å². The summed E-state index contributed by atoms with van der Waals surface area (Å²) in [4.78, 5) is 23.6. The highest BCUT2D eigenvalue weighted by atomic mass is 16.4. The van der Waals surface area contributed by atoms with Crippen molar-refractivity contribution in [3.05, 3.63) is 23.7 Å². The van der Waals surface area contributed by atoms with Crippen molar-refractivity contribution in [3.8, 4) is 0 Å². The number of rotatable bonds is 5. The molecule has 2 N–H and O–H groups in total. The second-order valence-electron chi connectivity index (χ2n) is 3.08. The molecule has 0 aromatic carbocycles. The van der Waals surface area contributed by atoms with Gasteiger partial charge in [0.05, 0.1) is 6.61 Å². The molecule has 0 aliphatic rings. The summed E-state index contributed by atoms with van der Waals surface area (Å²) >= 11 is 0. The smallest absolute Gasteiger partial charge is 0.371 e. The van der Waals surface area contributed by atoms with E-state index in [4.69, 9.17) is 14.6 Å². The lowest BCUT2D eigenvalue weighted by molar-refractivity contribution is 0.0644. The van der Waals surface area contributed by atoms with Gasteiger partial charge in [0.25, 0.3) is 5.91 Å². The summed E-state index contributed by atoms with van der Waals surface area (Å²) in [7, 11) is 0. The number of hydrogen-bond acceptors (Lipinski definition) is 4. The number of aliphatic hydroxyl groups is 1. The number of nitrogens with zero attached hydrogens (tertiary/aromatic N) is 1. The van der Waals surface area contributed by atoms with Crippen LogP contribution in [0.15, 0.2) is 16.5 Å². The molecule has 1 aromatic rings. The van der Waals surface area contributed by atoms with Crippen LogP contribution in [-0.4, -0.2) is 46.7 Å². The first-order chi connectivity index (χ1) is 7.60. The van der Waals surface area contributed by atoms with Crippen molar-refractivity contribution in [3.63, 3.8) is 0 Å². The van der Waals surface area contributed by atoms with Gasteiger partial charge in [0.2, 0.25) is 5.76 Å². The van der Waals surface area contributed by atoms with Crippen molar-refractivity contribution in [1.29, 1.82) is 0 Å². The lowest BCUT2D eigenvalue weighted by Crippen LogP contribution is -2.33. The molecular weight excluding hydrogens is 214 g/mol. The van der Waals surface area contributed by atoms with E-state index in [1.54, 1.807) is 6.92 Å². The van der Waals surface area contributed by atoms with Gasteiger partial charge in [-0.3, -0.25) is 4.79 Å². The van der Waals surface area contributed by atoms with Crippen molar-refractivity contribution in [2.24, 2.45) is 0 Å². The van der Waals surface area contributed by atoms with Crippen molar-refractivity contribution >= 4 is 11.9 Å². The Hall–Kier alpha value is -1.82. The fourth-order valence-corrected chi connectivity index (χ4v) is 1.25. The van der Waals surface area contributed by atoms with Crippen molar-refractivity contribution in [2.75, 3.05) is 19.7 Å². The summed E-state index contributed by atoms with van der Waals surface area (Å²) in [6.45, 7) is 2.22. The number of furan rings is 1. The molecule has 0 spiro atoms. The van der Waals surface area contributed by atoms with E-state index in [9.17, 15) is 9.59 Å². The zero-order valence-corrected chi connectivity index (χ0v) is 8.84. The van der Waals surface area contributed by atoms with Crippen LogP contribution in [0, 0.1) is 0 Å². The lowest BCUT2D eigenvalue weighted by Gasteiger charge is -2.17. The van der Waals surface area contributed by atoms with Gasteiger partial charge in [-0.2, -0.15) is 0 Å². The van der Waals surface area contributed by atoms with Crippen LogP contribution >= 0.6 is 0 Å². The molecule has 1 aromatic heterocycles. The Morgan fingerprint density at radius 2 is 2.00 bits per heavy atom. The summed E-state index contributed by atoms with van der Waals surface area (Å²) in [5, 5.41) is 17.4. The Labute approximate surface area is 92.1 Å². The molecule has 1 amide bonds. The Morgan fingerprint density at radius 1 is 1.38 bits per heavy atom. The molecule has 6 heteroatoms. The highest BCUT2D eigenvalue weighted by Gasteiger charge is 2.19. The minimum atomic E-state index is -1.22. The number of carboxylic acid groups (broad SMARTS) is 1. The molecule has 6 nitrogen and oxygen atoms in total. The summed E-state index contributed by atoms with van der Waals surface area (Å²) in [5.41, 5.74) is 0. The van der Waals surface area contributed by atoms with E-state index in [-0.39, 0.29) is 24.7 Å². The second kappa shape index (κ2) is 5.32. The number of carbonyl (C=O) groups excluding carboxylic acids is 1. The highest BCUT2D eigenvalue weighted by Crippen LogP contribution is 2.10. The van der Waals surface area contributed by atoms with Crippen LogP contribution in [0.5, 0.6) is 0 Å². The third-order valence-corrected chi connectivity index (χ3v) is 2.07. The van der Waals surface area contributed by atoms with Crippen LogP contribution in [-0.2, 0) is 0 Å². The molecule has 0 atom stereocenters. The van der Waals surface area contributed by atoms with Gasteiger partial charge in [-0.1, -0.05) is 0 Å². The number of likely N-dealkylation sites (N-methyl/N-ethyl adjacent to an activating group) is 1. The van der Waals surface area contributed by atoms with E-state index in [0.717, 1.165) is 0 Å². The molecule has 16 heavy (non-hydrogen) atoms. The Bertz CT molecular complexity index is 384. The topological polar surface area (TPSA) is 91.0 Å². The fourth-order valence-electron chi connectivity index (χ4n) is 1.25. The highest BCUT2D eigenvalue weighted by molar-refractivity contribution is 5.93. The monoisotopic (exact) mass is 227 g/mol. The van der Waals surface area contributed by atoms with Gasteiger partial charge in [-0.05, 0) is 19.1 Å². The van der Waals surface area contributed by atoms with Gasteiger partial charge in [0, 0.05) is 13.1 Å². The number of aliphatic hydroxyl groups excluding tert-OH is 1.